The minimum absolute atomic E-state index is 0.0296. The zero-order valence-corrected chi connectivity index (χ0v) is 9.45. The van der Waals surface area contributed by atoms with Gasteiger partial charge in [0, 0.05) is 18.7 Å². The van der Waals surface area contributed by atoms with Crippen LogP contribution in [0.4, 0.5) is 8.78 Å². The van der Waals surface area contributed by atoms with Crippen molar-refractivity contribution in [3.63, 3.8) is 0 Å². The van der Waals surface area contributed by atoms with Crippen molar-refractivity contribution in [3.8, 4) is 0 Å². The minimum atomic E-state index is -1.00. The van der Waals surface area contributed by atoms with Crippen LogP contribution < -0.4 is 0 Å². The van der Waals surface area contributed by atoms with Crippen LogP contribution in [0, 0.1) is 11.6 Å². The van der Waals surface area contributed by atoms with Gasteiger partial charge in [0.25, 0.3) is 5.91 Å². The van der Waals surface area contributed by atoms with Crippen molar-refractivity contribution < 1.29 is 18.3 Å². The number of ether oxygens (including phenoxy) is 1. The van der Waals surface area contributed by atoms with Crippen molar-refractivity contribution in [2.45, 2.75) is 13.0 Å². The predicted molar refractivity (Wildman–Crippen MR) is 57.7 cm³/mol. The second-order valence-electron chi connectivity index (χ2n) is 4.06. The number of benzene rings is 1. The Morgan fingerprint density at radius 1 is 1.41 bits per heavy atom. The molecule has 17 heavy (non-hydrogen) atoms. The fourth-order valence-electron chi connectivity index (χ4n) is 1.81. The van der Waals surface area contributed by atoms with Crippen LogP contribution in [0.25, 0.3) is 0 Å². The van der Waals surface area contributed by atoms with Crippen LogP contribution in [-0.2, 0) is 4.74 Å². The first kappa shape index (κ1) is 12.0. The topological polar surface area (TPSA) is 29.5 Å². The van der Waals surface area contributed by atoms with Gasteiger partial charge in [0.15, 0.2) is 11.6 Å². The summed E-state index contributed by atoms with van der Waals surface area (Å²) in [5.41, 5.74) is 0.165. The first-order valence-electron chi connectivity index (χ1n) is 5.44. The lowest BCUT2D eigenvalue weighted by atomic mass is 10.1. The Hall–Kier alpha value is -1.49. The minimum Gasteiger partial charge on any atom is -0.375 e. The van der Waals surface area contributed by atoms with Crippen molar-refractivity contribution in [2.75, 3.05) is 19.7 Å². The average Bonchev–Trinajstić information content (AvgIpc) is 2.32. The van der Waals surface area contributed by atoms with Crippen LogP contribution >= 0.6 is 0 Å². The van der Waals surface area contributed by atoms with Gasteiger partial charge in [-0.25, -0.2) is 8.78 Å². The number of carbonyl (C=O) groups is 1. The van der Waals surface area contributed by atoms with Crippen molar-refractivity contribution in [1.29, 1.82) is 0 Å². The summed E-state index contributed by atoms with van der Waals surface area (Å²) in [6, 6.07) is 3.19. The molecule has 1 heterocycles. The predicted octanol–water partition coefficient (Wildman–Crippen LogP) is 1.83. The Balaban J connectivity index is 2.15. The maximum absolute atomic E-state index is 13.0. The van der Waals surface area contributed by atoms with Crippen LogP contribution in [-0.4, -0.2) is 36.6 Å². The molecule has 0 N–H and O–H groups in total. The van der Waals surface area contributed by atoms with E-state index in [1.807, 2.05) is 6.92 Å². The molecule has 0 aliphatic carbocycles. The van der Waals surface area contributed by atoms with E-state index in [0.29, 0.717) is 19.7 Å². The Labute approximate surface area is 98.0 Å². The molecule has 0 aromatic heterocycles. The molecule has 92 valence electrons. The van der Waals surface area contributed by atoms with Crippen LogP contribution in [0.15, 0.2) is 18.2 Å². The van der Waals surface area contributed by atoms with Crippen LogP contribution in [0.5, 0.6) is 0 Å². The van der Waals surface area contributed by atoms with Gasteiger partial charge in [-0.05, 0) is 25.1 Å². The number of nitrogens with zero attached hydrogens (tertiary/aromatic N) is 1. The van der Waals surface area contributed by atoms with Crippen molar-refractivity contribution >= 4 is 5.91 Å². The van der Waals surface area contributed by atoms with Gasteiger partial charge in [-0.3, -0.25) is 4.79 Å². The van der Waals surface area contributed by atoms with E-state index in [1.165, 1.54) is 6.07 Å². The molecule has 0 unspecified atom stereocenters. The lowest BCUT2D eigenvalue weighted by Gasteiger charge is -2.31. The molecule has 0 radical (unpaired) electrons. The average molecular weight is 241 g/mol. The molecule has 1 fully saturated rings. The van der Waals surface area contributed by atoms with Crippen LogP contribution in [0.2, 0.25) is 0 Å². The van der Waals surface area contributed by atoms with E-state index >= 15 is 0 Å². The molecular formula is C12H13F2NO2. The largest absolute Gasteiger partial charge is 0.375 e. The fourth-order valence-corrected chi connectivity index (χ4v) is 1.81. The number of halogens is 2. The monoisotopic (exact) mass is 241 g/mol. The molecule has 0 bridgehead atoms. The van der Waals surface area contributed by atoms with E-state index in [9.17, 15) is 13.6 Å². The van der Waals surface area contributed by atoms with Gasteiger partial charge in [0.05, 0.1) is 12.7 Å². The molecule has 5 heteroatoms. The van der Waals surface area contributed by atoms with Gasteiger partial charge in [0.2, 0.25) is 0 Å². The lowest BCUT2D eigenvalue weighted by molar-refractivity contribution is -0.0124. The number of rotatable bonds is 1. The standard InChI is InChI=1S/C12H13F2NO2/c1-8-7-15(4-5-17-8)12(16)9-2-3-10(13)11(14)6-9/h2-3,6,8H,4-5,7H2,1H3/t8-/m0/s1. The Morgan fingerprint density at radius 2 is 2.18 bits per heavy atom. The Bertz CT molecular complexity index is 437. The molecule has 1 aromatic rings. The summed E-state index contributed by atoms with van der Waals surface area (Å²) in [5.74, 6) is -2.24. The third-order valence-electron chi connectivity index (χ3n) is 2.69. The summed E-state index contributed by atoms with van der Waals surface area (Å²) in [4.78, 5) is 13.6. The number of hydrogen-bond acceptors (Lipinski definition) is 2. The van der Waals surface area contributed by atoms with Crippen LogP contribution in [0.3, 0.4) is 0 Å². The second-order valence-corrected chi connectivity index (χ2v) is 4.06. The number of carbonyl (C=O) groups excluding carboxylic acids is 1. The van der Waals surface area contributed by atoms with E-state index in [4.69, 9.17) is 4.74 Å². The van der Waals surface area contributed by atoms with E-state index in [1.54, 1.807) is 4.90 Å². The first-order valence-corrected chi connectivity index (χ1v) is 5.44. The van der Waals surface area contributed by atoms with Gasteiger partial charge >= 0.3 is 0 Å². The van der Waals surface area contributed by atoms with E-state index in [0.717, 1.165) is 12.1 Å². The zero-order valence-electron chi connectivity index (χ0n) is 9.45. The third-order valence-corrected chi connectivity index (χ3v) is 2.69. The summed E-state index contributed by atoms with van der Waals surface area (Å²) >= 11 is 0. The molecule has 2 rings (SSSR count). The Morgan fingerprint density at radius 3 is 2.82 bits per heavy atom. The highest BCUT2D eigenvalue weighted by Gasteiger charge is 2.23. The highest BCUT2D eigenvalue weighted by molar-refractivity contribution is 5.94. The van der Waals surface area contributed by atoms with Gasteiger partial charge in [-0.15, -0.1) is 0 Å². The highest BCUT2D eigenvalue weighted by Crippen LogP contribution is 2.13. The number of morpholine rings is 1. The van der Waals surface area contributed by atoms with Gasteiger partial charge < -0.3 is 9.64 Å². The fraction of sp³-hybridized carbons (Fsp3) is 0.417. The van der Waals surface area contributed by atoms with E-state index < -0.39 is 11.6 Å². The first-order chi connectivity index (χ1) is 8.08. The van der Waals surface area contributed by atoms with E-state index in [-0.39, 0.29) is 17.6 Å². The summed E-state index contributed by atoms with van der Waals surface area (Å²) in [6.45, 7) is 3.28. The Kier molecular flexibility index (Phi) is 3.38. The quantitative estimate of drug-likeness (QED) is 0.750. The third kappa shape index (κ3) is 2.61. The molecule has 1 amide bonds. The maximum atomic E-state index is 13.0. The summed E-state index contributed by atoms with van der Waals surface area (Å²) in [7, 11) is 0. The maximum Gasteiger partial charge on any atom is 0.254 e. The molecule has 1 aliphatic rings. The molecule has 3 nitrogen and oxygen atoms in total. The number of hydrogen-bond donors (Lipinski definition) is 0. The SMILES string of the molecule is C[C@H]1CN(C(=O)c2ccc(F)c(F)c2)CCO1. The molecule has 1 aliphatic heterocycles. The zero-order chi connectivity index (χ0) is 12.4. The van der Waals surface area contributed by atoms with Gasteiger partial charge in [-0.1, -0.05) is 0 Å². The molecule has 0 saturated carbocycles. The van der Waals surface area contributed by atoms with Crippen molar-refractivity contribution in [3.05, 3.63) is 35.4 Å². The molecule has 1 aromatic carbocycles. The second kappa shape index (κ2) is 4.79. The molecule has 1 saturated heterocycles. The molecular weight excluding hydrogens is 228 g/mol. The molecule has 0 spiro atoms. The lowest BCUT2D eigenvalue weighted by Crippen LogP contribution is -2.44. The van der Waals surface area contributed by atoms with Crippen molar-refractivity contribution in [1.82, 2.24) is 4.90 Å². The van der Waals surface area contributed by atoms with Crippen molar-refractivity contribution in [2.24, 2.45) is 0 Å². The summed E-state index contributed by atoms with van der Waals surface area (Å²) in [6.07, 6.45) is -0.0296. The van der Waals surface area contributed by atoms with Gasteiger partial charge in [0.1, 0.15) is 0 Å². The van der Waals surface area contributed by atoms with Gasteiger partial charge in [-0.2, -0.15) is 0 Å². The summed E-state index contributed by atoms with van der Waals surface area (Å²) in [5, 5.41) is 0. The van der Waals surface area contributed by atoms with Crippen LogP contribution in [0.1, 0.15) is 17.3 Å². The van der Waals surface area contributed by atoms with E-state index in [2.05, 4.69) is 0 Å². The molecule has 1 atom stereocenters. The highest BCUT2D eigenvalue weighted by atomic mass is 19.2. The normalized spacial score (nSPS) is 20.4. The summed E-state index contributed by atoms with van der Waals surface area (Å²) < 4.78 is 31.1. The number of amides is 1. The smallest absolute Gasteiger partial charge is 0.254 e.